The van der Waals surface area contributed by atoms with E-state index < -0.39 is 7.12 Å². The van der Waals surface area contributed by atoms with Crippen molar-refractivity contribution < 1.29 is 13.7 Å². The van der Waals surface area contributed by atoms with Gasteiger partial charge in [0.25, 0.3) is 0 Å². The Balaban J connectivity index is 1.91. The molecular weight excluding hydrogens is 255 g/mol. The van der Waals surface area contributed by atoms with Crippen molar-refractivity contribution in [2.75, 3.05) is 0 Å². The second-order valence-corrected chi connectivity index (χ2v) is 5.91. The maximum absolute atomic E-state index is 5.99. The zero-order chi connectivity index (χ0) is 14.4. The maximum Gasteiger partial charge on any atom is 0.514 e. The fourth-order valence-electron chi connectivity index (χ4n) is 2.00. The third kappa shape index (κ3) is 2.15. The average molecular weight is 272 g/mol. The fourth-order valence-corrected chi connectivity index (χ4v) is 2.00. The largest absolute Gasteiger partial charge is 0.514 e. The first-order chi connectivity index (χ1) is 9.39. The van der Waals surface area contributed by atoms with Crippen molar-refractivity contribution in [2.24, 2.45) is 0 Å². The van der Waals surface area contributed by atoms with Crippen molar-refractivity contribution >= 4 is 12.7 Å². The second-order valence-electron chi connectivity index (χ2n) is 5.91. The molecule has 0 N–H and O–H groups in total. The predicted octanol–water partition coefficient (Wildman–Crippen LogP) is 2.04. The van der Waals surface area contributed by atoms with Crippen LogP contribution in [-0.2, 0) is 9.31 Å². The first-order valence-electron chi connectivity index (χ1n) is 6.60. The van der Waals surface area contributed by atoms with Gasteiger partial charge in [0.15, 0.2) is 5.82 Å². The van der Waals surface area contributed by atoms with Gasteiger partial charge in [0.2, 0.25) is 0 Å². The molecule has 1 aliphatic rings. The maximum atomic E-state index is 5.99. The van der Waals surface area contributed by atoms with Crippen molar-refractivity contribution in [3.63, 3.8) is 0 Å². The van der Waals surface area contributed by atoms with E-state index in [1.807, 2.05) is 39.8 Å². The lowest BCUT2D eigenvalue weighted by atomic mass is 9.84. The summed E-state index contributed by atoms with van der Waals surface area (Å²) in [4.78, 5) is 8.75. The molecule has 0 saturated carbocycles. The highest BCUT2D eigenvalue weighted by Gasteiger charge is 2.52. The van der Waals surface area contributed by atoms with E-state index in [9.17, 15) is 0 Å². The van der Waals surface area contributed by atoms with Crippen LogP contribution in [0.4, 0.5) is 0 Å². The number of furan rings is 1. The molecule has 5 nitrogen and oxygen atoms in total. The molecule has 0 spiro atoms. The minimum atomic E-state index is -0.478. The monoisotopic (exact) mass is 272 g/mol. The lowest BCUT2D eigenvalue weighted by Crippen LogP contribution is -2.41. The Hall–Kier alpha value is -1.66. The van der Waals surface area contributed by atoms with E-state index in [1.165, 1.54) is 0 Å². The lowest BCUT2D eigenvalue weighted by Gasteiger charge is -2.32. The van der Waals surface area contributed by atoms with Gasteiger partial charge in [-0.05, 0) is 39.8 Å². The highest BCUT2D eigenvalue weighted by atomic mass is 16.7. The zero-order valence-corrected chi connectivity index (χ0v) is 12.1. The summed E-state index contributed by atoms with van der Waals surface area (Å²) in [7, 11) is -0.478. The summed E-state index contributed by atoms with van der Waals surface area (Å²) in [6.07, 6.45) is 4.92. The first-order valence-corrected chi connectivity index (χ1v) is 6.60. The molecule has 0 unspecified atom stereocenters. The Kier molecular flexibility index (Phi) is 2.95. The Morgan fingerprint density at radius 1 is 1.05 bits per heavy atom. The van der Waals surface area contributed by atoms with Gasteiger partial charge in [0.05, 0.1) is 28.6 Å². The standard InChI is InChI=1S/C14H17BN2O3/c1-13(2)14(3,4)20-15(19-13)11-5-7-16-12(17-11)10-6-8-18-9-10/h5-9H,1-4H3. The predicted molar refractivity (Wildman–Crippen MR) is 75.5 cm³/mol. The Morgan fingerprint density at radius 3 is 2.35 bits per heavy atom. The molecular formula is C14H17BN2O3. The van der Waals surface area contributed by atoms with Crippen molar-refractivity contribution in [3.8, 4) is 11.4 Å². The Bertz CT molecular complexity index is 595. The van der Waals surface area contributed by atoms with Crippen LogP contribution in [0.25, 0.3) is 11.4 Å². The van der Waals surface area contributed by atoms with Crippen LogP contribution in [0.1, 0.15) is 27.7 Å². The Morgan fingerprint density at radius 2 is 1.75 bits per heavy atom. The van der Waals surface area contributed by atoms with Gasteiger partial charge < -0.3 is 13.7 Å². The minimum absolute atomic E-state index is 0.377. The second kappa shape index (κ2) is 4.43. The summed E-state index contributed by atoms with van der Waals surface area (Å²) in [6, 6.07) is 3.63. The van der Waals surface area contributed by atoms with E-state index in [-0.39, 0.29) is 11.2 Å². The SMILES string of the molecule is CC1(C)OB(c2ccnc(-c3ccoc3)n2)OC1(C)C. The van der Waals surface area contributed by atoms with Gasteiger partial charge in [-0.3, -0.25) is 0 Å². The third-order valence-corrected chi connectivity index (χ3v) is 3.95. The van der Waals surface area contributed by atoms with Gasteiger partial charge in [-0.1, -0.05) is 0 Å². The van der Waals surface area contributed by atoms with E-state index in [2.05, 4.69) is 9.97 Å². The Labute approximate surface area is 118 Å². The topological polar surface area (TPSA) is 57.4 Å². The van der Waals surface area contributed by atoms with Gasteiger partial charge in [-0.25, -0.2) is 9.97 Å². The molecule has 6 heteroatoms. The van der Waals surface area contributed by atoms with Crippen molar-refractivity contribution in [2.45, 2.75) is 38.9 Å². The van der Waals surface area contributed by atoms with Crippen LogP contribution in [0.5, 0.6) is 0 Å². The summed E-state index contributed by atoms with van der Waals surface area (Å²) >= 11 is 0. The molecule has 0 aliphatic carbocycles. The molecule has 3 heterocycles. The average Bonchev–Trinajstić information content (AvgIpc) is 2.97. The highest BCUT2D eigenvalue weighted by Crippen LogP contribution is 2.36. The zero-order valence-electron chi connectivity index (χ0n) is 12.1. The molecule has 0 amide bonds. The van der Waals surface area contributed by atoms with Crippen LogP contribution in [0.15, 0.2) is 35.3 Å². The van der Waals surface area contributed by atoms with E-state index in [0.29, 0.717) is 5.82 Å². The van der Waals surface area contributed by atoms with Crippen LogP contribution in [0.3, 0.4) is 0 Å². The minimum Gasteiger partial charge on any atom is -0.472 e. The molecule has 0 bridgehead atoms. The number of nitrogens with zero attached hydrogens (tertiary/aromatic N) is 2. The van der Waals surface area contributed by atoms with Crippen molar-refractivity contribution in [1.82, 2.24) is 9.97 Å². The third-order valence-electron chi connectivity index (χ3n) is 3.95. The van der Waals surface area contributed by atoms with Gasteiger partial charge >= 0.3 is 7.12 Å². The quantitative estimate of drug-likeness (QED) is 0.783. The van der Waals surface area contributed by atoms with Crippen LogP contribution in [-0.4, -0.2) is 28.3 Å². The fraction of sp³-hybridized carbons (Fsp3) is 0.429. The smallest absolute Gasteiger partial charge is 0.472 e. The molecule has 2 aromatic rings. The summed E-state index contributed by atoms with van der Waals surface area (Å²) in [5.74, 6) is 0.603. The van der Waals surface area contributed by atoms with Crippen LogP contribution < -0.4 is 5.59 Å². The molecule has 0 atom stereocenters. The van der Waals surface area contributed by atoms with Crippen LogP contribution in [0, 0.1) is 0 Å². The van der Waals surface area contributed by atoms with Crippen molar-refractivity contribution in [1.29, 1.82) is 0 Å². The van der Waals surface area contributed by atoms with Gasteiger partial charge in [0.1, 0.15) is 6.26 Å². The highest BCUT2D eigenvalue weighted by molar-refractivity contribution is 6.61. The van der Waals surface area contributed by atoms with Gasteiger partial charge in [-0.15, -0.1) is 0 Å². The molecule has 2 aromatic heterocycles. The summed E-state index contributed by atoms with van der Waals surface area (Å²) in [6.45, 7) is 8.08. The number of hydrogen-bond acceptors (Lipinski definition) is 5. The molecule has 104 valence electrons. The molecule has 20 heavy (non-hydrogen) atoms. The van der Waals surface area contributed by atoms with Crippen LogP contribution in [0.2, 0.25) is 0 Å². The molecule has 3 rings (SSSR count). The first kappa shape index (κ1) is 13.3. The number of hydrogen-bond donors (Lipinski definition) is 0. The number of rotatable bonds is 2. The van der Waals surface area contributed by atoms with Crippen LogP contribution >= 0.6 is 0 Å². The van der Waals surface area contributed by atoms with Crippen molar-refractivity contribution in [3.05, 3.63) is 30.9 Å². The van der Waals surface area contributed by atoms with Gasteiger partial charge in [0, 0.05) is 6.20 Å². The lowest BCUT2D eigenvalue weighted by molar-refractivity contribution is 0.00578. The normalized spacial score (nSPS) is 20.3. The van der Waals surface area contributed by atoms with E-state index >= 15 is 0 Å². The molecule has 0 radical (unpaired) electrons. The van der Waals surface area contributed by atoms with E-state index in [0.717, 1.165) is 11.2 Å². The van der Waals surface area contributed by atoms with E-state index in [4.69, 9.17) is 13.7 Å². The molecule has 1 saturated heterocycles. The van der Waals surface area contributed by atoms with Gasteiger partial charge in [-0.2, -0.15) is 0 Å². The van der Waals surface area contributed by atoms with E-state index in [1.54, 1.807) is 18.7 Å². The molecule has 1 fully saturated rings. The summed E-state index contributed by atoms with van der Waals surface area (Å²) < 4.78 is 17.0. The molecule has 1 aliphatic heterocycles. The number of aromatic nitrogens is 2. The molecule has 0 aromatic carbocycles. The summed E-state index contributed by atoms with van der Waals surface area (Å²) in [5.41, 5.74) is 0.801. The summed E-state index contributed by atoms with van der Waals surface area (Å²) in [5, 5.41) is 0.